The fourth-order valence-corrected chi connectivity index (χ4v) is 1.88. The fraction of sp³-hybridized carbons (Fsp3) is 0.357. The first kappa shape index (κ1) is 11.9. The van der Waals surface area contributed by atoms with Crippen LogP contribution in [0.4, 0.5) is 0 Å². The molecule has 0 saturated carbocycles. The molecular weight excluding hydrogens is 212 g/mol. The lowest BCUT2D eigenvalue weighted by Gasteiger charge is -2.02. The molecule has 0 saturated heterocycles. The van der Waals surface area contributed by atoms with Gasteiger partial charge in [0.2, 0.25) is 0 Å². The highest BCUT2D eigenvalue weighted by Gasteiger charge is 1.97. The molecule has 0 amide bonds. The molecule has 2 aromatic rings. The van der Waals surface area contributed by atoms with E-state index in [0.29, 0.717) is 0 Å². The molecule has 0 fully saturated rings. The number of aliphatic hydroxyl groups excluding tert-OH is 1. The normalized spacial score (nSPS) is 10.6. The molecule has 1 heterocycles. The van der Waals surface area contributed by atoms with Crippen LogP contribution in [0.25, 0.3) is 0 Å². The van der Waals surface area contributed by atoms with Gasteiger partial charge in [0.25, 0.3) is 0 Å². The lowest BCUT2D eigenvalue weighted by atomic mass is 10.1. The van der Waals surface area contributed by atoms with Crippen molar-refractivity contribution in [2.75, 3.05) is 0 Å². The molecule has 1 N–H and O–H groups in total. The lowest BCUT2D eigenvalue weighted by Crippen LogP contribution is -1.95. The van der Waals surface area contributed by atoms with Gasteiger partial charge in [-0.15, -0.1) is 0 Å². The first-order valence-corrected chi connectivity index (χ1v) is 6.04. The van der Waals surface area contributed by atoms with Crippen LogP contribution in [0.3, 0.4) is 0 Å². The van der Waals surface area contributed by atoms with Crippen LogP contribution in [0, 0.1) is 0 Å². The van der Waals surface area contributed by atoms with E-state index in [1.807, 2.05) is 16.8 Å². The molecular formula is C14H18N2O. The van der Waals surface area contributed by atoms with Crippen molar-refractivity contribution in [2.24, 2.45) is 0 Å². The zero-order valence-corrected chi connectivity index (χ0v) is 9.92. The van der Waals surface area contributed by atoms with E-state index in [9.17, 15) is 0 Å². The van der Waals surface area contributed by atoms with Gasteiger partial charge in [0, 0.05) is 12.7 Å². The summed E-state index contributed by atoms with van der Waals surface area (Å²) in [5, 5.41) is 8.90. The molecule has 3 heteroatoms. The van der Waals surface area contributed by atoms with Crippen molar-refractivity contribution in [3.8, 4) is 0 Å². The summed E-state index contributed by atoms with van der Waals surface area (Å²) in [6.45, 7) is 0.997. The SMILES string of the molecule is OCc1cn(CCCCc2ccccc2)cn1. The first-order valence-electron chi connectivity index (χ1n) is 6.04. The molecule has 0 spiro atoms. The number of benzene rings is 1. The number of aliphatic hydroxyl groups is 1. The summed E-state index contributed by atoms with van der Waals surface area (Å²) in [7, 11) is 0. The second-order valence-electron chi connectivity index (χ2n) is 4.20. The Morgan fingerprint density at radius 3 is 2.65 bits per heavy atom. The summed E-state index contributed by atoms with van der Waals surface area (Å²) in [6.07, 6.45) is 7.13. The minimum atomic E-state index is 0.0248. The highest BCUT2D eigenvalue weighted by atomic mass is 16.3. The van der Waals surface area contributed by atoms with Crippen molar-refractivity contribution >= 4 is 0 Å². The number of imidazole rings is 1. The zero-order valence-electron chi connectivity index (χ0n) is 9.92. The summed E-state index contributed by atoms with van der Waals surface area (Å²) < 4.78 is 2.04. The summed E-state index contributed by atoms with van der Waals surface area (Å²) in [5.74, 6) is 0. The minimum Gasteiger partial charge on any atom is -0.390 e. The van der Waals surface area contributed by atoms with Crippen LogP contribution in [0.5, 0.6) is 0 Å². The predicted molar refractivity (Wildman–Crippen MR) is 67.5 cm³/mol. The summed E-state index contributed by atoms with van der Waals surface area (Å²) >= 11 is 0. The summed E-state index contributed by atoms with van der Waals surface area (Å²) in [5.41, 5.74) is 2.14. The van der Waals surface area contributed by atoms with Gasteiger partial charge in [-0.05, 0) is 24.8 Å². The third-order valence-electron chi connectivity index (χ3n) is 2.82. The quantitative estimate of drug-likeness (QED) is 0.774. The Bertz CT molecular complexity index is 436. The molecule has 0 aliphatic heterocycles. The van der Waals surface area contributed by atoms with Gasteiger partial charge in [-0.25, -0.2) is 4.98 Å². The molecule has 0 radical (unpaired) electrons. The van der Waals surface area contributed by atoms with Gasteiger partial charge < -0.3 is 9.67 Å². The molecule has 1 aromatic carbocycles. The maximum absolute atomic E-state index is 8.90. The number of hydrogen-bond acceptors (Lipinski definition) is 2. The molecule has 0 aliphatic rings. The van der Waals surface area contributed by atoms with Gasteiger partial charge >= 0.3 is 0 Å². The third kappa shape index (κ3) is 3.71. The monoisotopic (exact) mass is 230 g/mol. The number of nitrogens with zero attached hydrogens (tertiary/aromatic N) is 2. The van der Waals surface area contributed by atoms with Crippen LogP contribution in [0.1, 0.15) is 24.1 Å². The number of rotatable bonds is 6. The molecule has 0 atom stereocenters. The topological polar surface area (TPSA) is 38.0 Å². The second-order valence-corrected chi connectivity index (χ2v) is 4.20. The van der Waals surface area contributed by atoms with Crippen LogP contribution in [0.2, 0.25) is 0 Å². The van der Waals surface area contributed by atoms with Crippen molar-refractivity contribution < 1.29 is 5.11 Å². The molecule has 2 rings (SSSR count). The molecule has 0 bridgehead atoms. The van der Waals surface area contributed by atoms with E-state index in [4.69, 9.17) is 5.11 Å². The van der Waals surface area contributed by atoms with Gasteiger partial charge in [-0.3, -0.25) is 0 Å². The Morgan fingerprint density at radius 1 is 1.12 bits per heavy atom. The zero-order chi connectivity index (χ0) is 11.9. The van der Waals surface area contributed by atoms with Crippen molar-refractivity contribution in [1.82, 2.24) is 9.55 Å². The Kier molecular flexibility index (Phi) is 4.33. The van der Waals surface area contributed by atoms with Gasteiger partial charge in [0.1, 0.15) is 0 Å². The van der Waals surface area contributed by atoms with Gasteiger partial charge in [0.15, 0.2) is 0 Å². The van der Waals surface area contributed by atoms with Crippen molar-refractivity contribution in [1.29, 1.82) is 0 Å². The van der Waals surface area contributed by atoms with E-state index in [2.05, 4.69) is 29.2 Å². The van der Waals surface area contributed by atoms with E-state index in [0.717, 1.165) is 25.1 Å². The van der Waals surface area contributed by atoms with Crippen molar-refractivity contribution in [2.45, 2.75) is 32.4 Å². The van der Waals surface area contributed by atoms with Gasteiger partial charge in [0.05, 0.1) is 18.6 Å². The average molecular weight is 230 g/mol. The molecule has 90 valence electrons. The number of aromatic nitrogens is 2. The van der Waals surface area contributed by atoms with Crippen LogP contribution in [0.15, 0.2) is 42.9 Å². The average Bonchev–Trinajstić information content (AvgIpc) is 2.84. The third-order valence-corrected chi connectivity index (χ3v) is 2.82. The maximum Gasteiger partial charge on any atom is 0.0950 e. The van der Waals surface area contributed by atoms with Crippen LogP contribution in [-0.2, 0) is 19.6 Å². The Balaban J connectivity index is 1.69. The Hall–Kier alpha value is -1.61. The second kappa shape index (κ2) is 6.21. The Labute approximate surface area is 102 Å². The number of aryl methyl sites for hydroxylation is 2. The maximum atomic E-state index is 8.90. The van der Waals surface area contributed by atoms with E-state index < -0.39 is 0 Å². The molecule has 0 unspecified atom stereocenters. The molecule has 17 heavy (non-hydrogen) atoms. The molecule has 3 nitrogen and oxygen atoms in total. The summed E-state index contributed by atoms with van der Waals surface area (Å²) in [6, 6.07) is 10.5. The fourth-order valence-electron chi connectivity index (χ4n) is 1.88. The largest absolute Gasteiger partial charge is 0.390 e. The van der Waals surface area contributed by atoms with Crippen LogP contribution in [-0.4, -0.2) is 14.7 Å². The predicted octanol–water partition coefficient (Wildman–Crippen LogP) is 2.40. The Morgan fingerprint density at radius 2 is 1.94 bits per heavy atom. The van der Waals surface area contributed by atoms with Crippen LogP contribution >= 0.6 is 0 Å². The van der Waals surface area contributed by atoms with E-state index in [-0.39, 0.29) is 6.61 Å². The first-order chi connectivity index (χ1) is 8.38. The molecule has 0 aliphatic carbocycles. The number of hydrogen-bond donors (Lipinski definition) is 1. The molecule has 1 aromatic heterocycles. The minimum absolute atomic E-state index is 0.0248. The number of unbranched alkanes of at least 4 members (excludes halogenated alkanes) is 1. The van der Waals surface area contributed by atoms with Gasteiger partial charge in [-0.1, -0.05) is 30.3 Å². The summed E-state index contributed by atoms with van der Waals surface area (Å²) in [4.78, 5) is 4.08. The highest BCUT2D eigenvalue weighted by Crippen LogP contribution is 2.06. The van der Waals surface area contributed by atoms with Crippen LogP contribution < -0.4 is 0 Å². The van der Waals surface area contributed by atoms with Gasteiger partial charge in [-0.2, -0.15) is 0 Å². The van der Waals surface area contributed by atoms with Crippen molar-refractivity contribution in [3.05, 3.63) is 54.1 Å². The van der Waals surface area contributed by atoms with E-state index in [1.54, 1.807) is 6.33 Å². The standard InChI is InChI=1S/C14H18N2O/c17-11-14-10-16(12-15-14)9-5-4-8-13-6-2-1-3-7-13/h1-3,6-7,10,12,17H,4-5,8-9,11H2. The van der Waals surface area contributed by atoms with Crippen molar-refractivity contribution in [3.63, 3.8) is 0 Å². The van der Waals surface area contributed by atoms with E-state index in [1.165, 1.54) is 12.0 Å². The lowest BCUT2D eigenvalue weighted by molar-refractivity contribution is 0.277. The van der Waals surface area contributed by atoms with E-state index >= 15 is 0 Å². The highest BCUT2D eigenvalue weighted by molar-refractivity contribution is 5.14. The smallest absolute Gasteiger partial charge is 0.0950 e.